The third-order valence-electron chi connectivity index (χ3n) is 2.17. The van der Waals surface area contributed by atoms with Crippen molar-refractivity contribution in [2.24, 2.45) is 0 Å². The van der Waals surface area contributed by atoms with Crippen LogP contribution in [0.3, 0.4) is 0 Å². The van der Waals surface area contributed by atoms with Gasteiger partial charge in [-0.2, -0.15) is 0 Å². The Morgan fingerprint density at radius 2 is 1.80 bits per heavy atom. The third-order valence-corrected chi connectivity index (χ3v) is 3.85. The van der Waals surface area contributed by atoms with Crippen molar-refractivity contribution in [3.05, 3.63) is 35.4 Å². The molecule has 0 aliphatic rings. The Hall–Kier alpha value is -0.453. The van der Waals surface area contributed by atoms with Gasteiger partial charge < -0.3 is 4.57 Å². The summed E-state index contributed by atoms with van der Waals surface area (Å²) in [5, 5.41) is 0. The Labute approximate surface area is 97.2 Å². The van der Waals surface area contributed by atoms with Gasteiger partial charge in [0.05, 0.1) is 0 Å². The monoisotopic (exact) mass is 250 g/mol. The van der Waals surface area contributed by atoms with Gasteiger partial charge in [-0.05, 0) is 24.7 Å². The number of benzene rings is 1. The van der Waals surface area contributed by atoms with Crippen molar-refractivity contribution in [1.82, 2.24) is 4.57 Å². The summed E-state index contributed by atoms with van der Waals surface area (Å²) in [6, 6.07) is 4.06. The van der Waals surface area contributed by atoms with E-state index in [1.807, 2.05) is 7.05 Å². The maximum atomic E-state index is 12.8. The SMILES string of the molecule is CN(Cc1ccc(F)c(F)c1)[Si](C)C.Cl. The zero-order valence-corrected chi connectivity index (χ0v) is 10.9. The fourth-order valence-electron chi connectivity index (χ4n) is 1.07. The van der Waals surface area contributed by atoms with Crippen molar-refractivity contribution >= 4 is 21.4 Å². The molecule has 1 aromatic carbocycles. The molecule has 0 heterocycles. The minimum atomic E-state index is -0.782. The summed E-state index contributed by atoms with van der Waals surface area (Å²) in [4.78, 5) is 0. The molecule has 15 heavy (non-hydrogen) atoms. The first-order valence-electron chi connectivity index (χ1n) is 4.46. The average Bonchev–Trinajstić information content (AvgIpc) is 2.11. The van der Waals surface area contributed by atoms with Crippen LogP contribution < -0.4 is 0 Å². The third kappa shape index (κ3) is 4.28. The fraction of sp³-hybridized carbons (Fsp3) is 0.400. The van der Waals surface area contributed by atoms with Crippen LogP contribution in [0.5, 0.6) is 0 Å². The van der Waals surface area contributed by atoms with Gasteiger partial charge in [0.25, 0.3) is 0 Å². The highest BCUT2D eigenvalue weighted by molar-refractivity contribution is 6.52. The van der Waals surface area contributed by atoms with Gasteiger partial charge in [0.1, 0.15) is 8.96 Å². The highest BCUT2D eigenvalue weighted by atomic mass is 35.5. The zero-order chi connectivity index (χ0) is 10.7. The van der Waals surface area contributed by atoms with E-state index >= 15 is 0 Å². The van der Waals surface area contributed by atoms with Gasteiger partial charge in [0.15, 0.2) is 11.6 Å². The number of nitrogens with zero attached hydrogens (tertiary/aromatic N) is 1. The molecule has 0 saturated heterocycles. The molecule has 0 N–H and O–H groups in total. The van der Waals surface area contributed by atoms with E-state index in [9.17, 15) is 8.78 Å². The molecule has 0 aliphatic heterocycles. The molecule has 0 bridgehead atoms. The van der Waals surface area contributed by atoms with Crippen LogP contribution in [-0.4, -0.2) is 20.6 Å². The summed E-state index contributed by atoms with van der Waals surface area (Å²) in [7, 11) is 1.48. The second-order valence-corrected chi connectivity index (χ2v) is 6.21. The molecular weight excluding hydrogens is 236 g/mol. The van der Waals surface area contributed by atoms with Crippen LogP contribution >= 0.6 is 12.4 Å². The van der Waals surface area contributed by atoms with E-state index in [0.717, 1.165) is 5.56 Å². The lowest BCUT2D eigenvalue weighted by Crippen LogP contribution is -2.29. The summed E-state index contributed by atoms with van der Waals surface area (Å²) >= 11 is 0. The smallest absolute Gasteiger partial charge is 0.159 e. The van der Waals surface area contributed by atoms with Gasteiger partial charge >= 0.3 is 0 Å². The quantitative estimate of drug-likeness (QED) is 0.746. The Balaban J connectivity index is 0.00000196. The highest BCUT2D eigenvalue weighted by Crippen LogP contribution is 2.10. The summed E-state index contributed by atoms with van der Waals surface area (Å²) in [6.45, 7) is 4.99. The van der Waals surface area contributed by atoms with Crippen LogP contribution in [0.2, 0.25) is 13.1 Å². The average molecular weight is 251 g/mol. The molecule has 5 heteroatoms. The van der Waals surface area contributed by atoms with E-state index in [2.05, 4.69) is 17.7 Å². The predicted octanol–water partition coefficient (Wildman–Crippen LogP) is 3.07. The van der Waals surface area contributed by atoms with Crippen LogP contribution in [0.1, 0.15) is 5.56 Å². The molecule has 0 spiro atoms. The molecule has 1 aromatic rings. The molecule has 0 saturated carbocycles. The molecular formula is C10H15ClF2NSi. The summed E-state index contributed by atoms with van der Waals surface area (Å²) in [6.07, 6.45) is 0. The van der Waals surface area contributed by atoms with E-state index in [4.69, 9.17) is 0 Å². The second kappa shape index (κ2) is 6.20. The number of rotatable bonds is 3. The first-order chi connectivity index (χ1) is 6.50. The maximum Gasteiger partial charge on any atom is 0.159 e. The van der Waals surface area contributed by atoms with E-state index in [0.29, 0.717) is 6.54 Å². The molecule has 1 radical (unpaired) electrons. The number of hydrogen-bond acceptors (Lipinski definition) is 1. The molecule has 1 rings (SSSR count). The molecule has 0 atom stereocenters. The Morgan fingerprint density at radius 3 is 2.27 bits per heavy atom. The maximum absolute atomic E-state index is 12.8. The van der Waals surface area contributed by atoms with Gasteiger partial charge in [-0.1, -0.05) is 19.2 Å². The fourth-order valence-corrected chi connectivity index (χ4v) is 1.57. The molecule has 1 nitrogen and oxygen atoms in total. The van der Waals surface area contributed by atoms with Crippen LogP contribution in [0, 0.1) is 11.6 Å². The Bertz CT molecular complexity index is 320. The molecule has 0 fully saturated rings. The first-order valence-corrected chi connectivity index (χ1v) is 6.90. The van der Waals surface area contributed by atoms with Gasteiger partial charge in [0.2, 0.25) is 0 Å². The molecule has 85 valence electrons. The van der Waals surface area contributed by atoms with Crippen molar-refractivity contribution in [3.63, 3.8) is 0 Å². The normalized spacial score (nSPS) is 10.6. The highest BCUT2D eigenvalue weighted by Gasteiger charge is 2.08. The van der Waals surface area contributed by atoms with E-state index < -0.39 is 20.6 Å². The van der Waals surface area contributed by atoms with Gasteiger partial charge in [-0.25, -0.2) is 8.78 Å². The van der Waals surface area contributed by atoms with Crippen molar-refractivity contribution in [2.45, 2.75) is 19.6 Å². The van der Waals surface area contributed by atoms with Crippen molar-refractivity contribution in [1.29, 1.82) is 0 Å². The molecule has 0 unspecified atom stereocenters. The minimum Gasteiger partial charge on any atom is -0.323 e. The van der Waals surface area contributed by atoms with Crippen molar-refractivity contribution in [2.75, 3.05) is 7.05 Å². The summed E-state index contributed by atoms with van der Waals surface area (Å²) < 4.78 is 27.6. The first kappa shape index (κ1) is 14.5. The van der Waals surface area contributed by atoms with Crippen molar-refractivity contribution in [3.8, 4) is 0 Å². The Kier molecular flexibility index (Phi) is 6.01. The van der Waals surface area contributed by atoms with Gasteiger partial charge in [-0.3, -0.25) is 0 Å². The topological polar surface area (TPSA) is 3.24 Å². The molecule has 0 amide bonds. The van der Waals surface area contributed by atoms with Crippen LogP contribution in [-0.2, 0) is 6.54 Å². The van der Waals surface area contributed by atoms with E-state index in [1.165, 1.54) is 12.1 Å². The predicted molar refractivity (Wildman–Crippen MR) is 62.6 cm³/mol. The largest absolute Gasteiger partial charge is 0.323 e. The lowest BCUT2D eigenvalue weighted by Gasteiger charge is -2.19. The zero-order valence-electron chi connectivity index (χ0n) is 9.05. The Morgan fingerprint density at radius 1 is 1.20 bits per heavy atom. The lowest BCUT2D eigenvalue weighted by atomic mass is 10.2. The van der Waals surface area contributed by atoms with Crippen molar-refractivity contribution < 1.29 is 8.78 Å². The van der Waals surface area contributed by atoms with Gasteiger partial charge in [-0.15, -0.1) is 12.4 Å². The standard InChI is InChI=1S/C10H14F2NSi.ClH/c1-13(14(2)3)7-8-4-5-9(11)10(12)6-8;/h4-6H,7H2,1-3H3;1H. The number of halogens is 3. The second-order valence-electron chi connectivity index (χ2n) is 3.55. The van der Waals surface area contributed by atoms with E-state index in [1.54, 1.807) is 6.07 Å². The van der Waals surface area contributed by atoms with Crippen LogP contribution in [0.15, 0.2) is 18.2 Å². The molecule has 0 aliphatic carbocycles. The number of hydrogen-bond donors (Lipinski definition) is 0. The lowest BCUT2D eigenvalue weighted by molar-refractivity contribution is 0.493. The van der Waals surface area contributed by atoms with Gasteiger partial charge in [0, 0.05) is 6.54 Å². The van der Waals surface area contributed by atoms with E-state index in [-0.39, 0.29) is 12.4 Å². The minimum absolute atomic E-state index is 0. The van der Waals surface area contributed by atoms with Crippen LogP contribution in [0.4, 0.5) is 8.78 Å². The summed E-state index contributed by atoms with van der Waals surface area (Å²) in [5.41, 5.74) is 0.817. The summed E-state index contributed by atoms with van der Waals surface area (Å²) in [5.74, 6) is -1.55. The van der Waals surface area contributed by atoms with Crippen LogP contribution in [0.25, 0.3) is 0 Å². The molecule has 0 aromatic heterocycles.